The SMILES string of the molecule is OOc1c(C2CCCCC2)ccc(C2CCCCC2)c1OO. The summed E-state index contributed by atoms with van der Waals surface area (Å²) in [4.78, 5) is 9.33. The van der Waals surface area contributed by atoms with Gasteiger partial charge in [0.2, 0.25) is 11.5 Å². The quantitative estimate of drug-likeness (QED) is 0.570. The molecule has 0 aliphatic heterocycles. The largest absolute Gasteiger partial charge is 0.336 e. The van der Waals surface area contributed by atoms with Crippen molar-refractivity contribution in [1.29, 1.82) is 0 Å². The molecule has 2 N–H and O–H groups in total. The van der Waals surface area contributed by atoms with Gasteiger partial charge in [0, 0.05) is 11.1 Å². The zero-order valence-electron chi connectivity index (χ0n) is 13.1. The molecule has 2 aliphatic rings. The third-order valence-corrected chi connectivity index (χ3v) is 5.45. The summed E-state index contributed by atoms with van der Waals surface area (Å²) in [5, 5.41) is 18.8. The minimum Gasteiger partial charge on any atom is -0.336 e. The Hall–Kier alpha value is -1.26. The van der Waals surface area contributed by atoms with Crippen LogP contribution in [-0.2, 0) is 0 Å². The van der Waals surface area contributed by atoms with Gasteiger partial charge in [-0.3, -0.25) is 0 Å². The fourth-order valence-corrected chi connectivity index (χ4v) is 4.25. The monoisotopic (exact) mass is 306 g/mol. The predicted molar refractivity (Wildman–Crippen MR) is 84.6 cm³/mol. The smallest absolute Gasteiger partial charge is 0.214 e. The molecule has 0 atom stereocenters. The lowest BCUT2D eigenvalue weighted by atomic mass is 9.80. The van der Waals surface area contributed by atoms with Gasteiger partial charge in [0.05, 0.1) is 0 Å². The second-order valence-corrected chi connectivity index (χ2v) is 6.75. The van der Waals surface area contributed by atoms with Crippen molar-refractivity contribution < 1.29 is 20.3 Å². The highest BCUT2D eigenvalue weighted by Gasteiger charge is 2.28. The maximum atomic E-state index is 9.39. The topological polar surface area (TPSA) is 58.9 Å². The molecule has 0 saturated heterocycles. The molecule has 2 aliphatic carbocycles. The van der Waals surface area contributed by atoms with Crippen LogP contribution in [0.1, 0.15) is 87.2 Å². The van der Waals surface area contributed by atoms with Crippen molar-refractivity contribution in [2.24, 2.45) is 0 Å². The summed E-state index contributed by atoms with van der Waals surface area (Å²) in [7, 11) is 0. The van der Waals surface area contributed by atoms with Crippen molar-refractivity contribution in [3.05, 3.63) is 23.3 Å². The molecule has 0 bridgehead atoms. The average Bonchev–Trinajstić information content (AvgIpc) is 2.61. The highest BCUT2D eigenvalue weighted by atomic mass is 17.1. The van der Waals surface area contributed by atoms with Crippen LogP contribution in [0, 0.1) is 0 Å². The predicted octanol–water partition coefficient (Wildman–Crippen LogP) is 5.49. The normalized spacial score (nSPS) is 20.8. The van der Waals surface area contributed by atoms with Gasteiger partial charge in [-0.25, -0.2) is 10.5 Å². The zero-order valence-corrected chi connectivity index (χ0v) is 13.1. The molecule has 122 valence electrons. The molecule has 4 nitrogen and oxygen atoms in total. The van der Waals surface area contributed by atoms with Crippen molar-refractivity contribution in [2.75, 3.05) is 0 Å². The van der Waals surface area contributed by atoms with Crippen molar-refractivity contribution in [3.63, 3.8) is 0 Å². The number of benzene rings is 1. The van der Waals surface area contributed by atoms with Crippen LogP contribution in [-0.4, -0.2) is 10.5 Å². The molecular formula is C18H26O4. The van der Waals surface area contributed by atoms with E-state index in [1.807, 2.05) is 0 Å². The van der Waals surface area contributed by atoms with Gasteiger partial charge in [0.15, 0.2) is 0 Å². The van der Waals surface area contributed by atoms with Crippen molar-refractivity contribution in [2.45, 2.75) is 76.0 Å². The minimum atomic E-state index is 0.317. The van der Waals surface area contributed by atoms with Crippen LogP contribution in [0.5, 0.6) is 11.5 Å². The van der Waals surface area contributed by atoms with Crippen LogP contribution in [0.25, 0.3) is 0 Å². The van der Waals surface area contributed by atoms with E-state index in [2.05, 4.69) is 21.9 Å². The summed E-state index contributed by atoms with van der Waals surface area (Å²) in [6, 6.07) is 4.13. The number of hydrogen-bond donors (Lipinski definition) is 2. The summed E-state index contributed by atoms with van der Waals surface area (Å²) >= 11 is 0. The Morgan fingerprint density at radius 1 is 0.636 bits per heavy atom. The lowest BCUT2D eigenvalue weighted by Crippen LogP contribution is -2.11. The van der Waals surface area contributed by atoms with Gasteiger partial charge in [-0.15, -0.1) is 0 Å². The van der Waals surface area contributed by atoms with Gasteiger partial charge in [-0.05, 0) is 37.5 Å². The first-order valence-electron chi connectivity index (χ1n) is 8.64. The molecule has 2 fully saturated rings. The standard InChI is InChI=1S/C18H26O4/c19-21-17-15(13-7-3-1-4-8-13)11-12-16(18(17)22-20)14-9-5-2-6-10-14/h11-14,19-20H,1-10H2. The first kappa shape index (κ1) is 15.6. The highest BCUT2D eigenvalue weighted by Crippen LogP contribution is 2.47. The Bertz CT molecular complexity index is 443. The molecule has 3 rings (SSSR count). The second-order valence-electron chi connectivity index (χ2n) is 6.75. The number of rotatable bonds is 4. The Kier molecular flexibility index (Phi) is 5.21. The van der Waals surface area contributed by atoms with Crippen LogP contribution in [0.15, 0.2) is 12.1 Å². The first-order chi connectivity index (χ1) is 10.8. The van der Waals surface area contributed by atoms with Crippen LogP contribution in [0.4, 0.5) is 0 Å². The average molecular weight is 306 g/mol. The summed E-state index contributed by atoms with van der Waals surface area (Å²) in [5.41, 5.74) is 1.93. The van der Waals surface area contributed by atoms with E-state index in [0.717, 1.165) is 36.8 Å². The summed E-state index contributed by atoms with van der Waals surface area (Å²) in [5.74, 6) is 1.39. The maximum absolute atomic E-state index is 9.39. The molecule has 22 heavy (non-hydrogen) atoms. The van der Waals surface area contributed by atoms with Crippen LogP contribution < -0.4 is 9.78 Å². The van der Waals surface area contributed by atoms with Crippen molar-refractivity contribution in [1.82, 2.24) is 0 Å². The van der Waals surface area contributed by atoms with E-state index in [1.165, 1.54) is 38.5 Å². The van der Waals surface area contributed by atoms with Crippen LogP contribution in [0.2, 0.25) is 0 Å². The molecule has 0 amide bonds. The molecule has 1 aromatic carbocycles. The fraction of sp³-hybridized carbons (Fsp3) is 0.667. The molecular weight excluding hydrogens is 280 g/mol. The molecule has 0 unspecified atom stereocenters. The Labute approximate surface area is 131 Å². The fourth-order valence-electron chi connectivity index (χ4n) is 4.25. The lowest BCUT2D eigenvalue weighted by molar-refractivity contribution is -0.165. The zero-order chi connectivity index (χ0) is 15.4. The Balaban J connectivity index is 1.95. The summed E-state index contributed by atoms with van der Waals surface area (Å²) in [6.45, 7) is 0. The van der Waals surface area contributed by atoms with E-state index in [1.54, 1.807) is 0 Å². The van der Waals surface area contributed by atoms with E-state index in [0.29, 0.717) is 23.3 Å². The van der Waals surface area contributed by atoms with Gasteiger partial charge in [-0.2, -0.15) is 0 Å². The molecule has 4 heteroatoms. The van der Waals surface area contributed by atoms with Crippen molar-refractivity contribution >= 4 is 0 Å². The Morgan fingerprint density at radius 2 is 1.00 bits per heavy atom. The molecule has 0 aromatic heterocycles. The third-order valence-electron chi connectivity index (χ3n) is 5.45. The van der Waals surface area contributed by atoms with Gasteiger partial charge < -0.3 is 9.78 Å². The van der Waals surface area contributed by atoms with Crippen molar-refractivity contribution in [3.8, 4) is 11.5 Å². The van der Waals surface area contributed by atoms with E-state index in [-0.39, 0.29) is 0 Å². The first-order valence-corrected chi connectivity index (χ1v) is 8.64. The molecule has 0 heterocycles. The number of hydrogen-bond acceptors (Lipinski definition) is 4. The molecule has 1 aromatic rings. The van der Waals surface area contributed by atoms with Gasteiger partial charge in [0.1, 0.15) is 0 Å². The maximum Gasteiger partial charge on any atom is 0.214 e. The van der Waals surface area contributed by atoms with Gasteiger partial charge >= 0.3 is 0 Å². The van der Waals surface area contributed by atoms with E-state index in [9.17, 15) is 10.5 Å². The van der Waals surface area contributed by atoms with E-state index >= 15 is 0 Å². The van der Waals surface area contributed by atoms with E-state index in [4.69, 9.17) is 0 Å². The second kappa shape index (κ2) is 7.34. The minimum absolute atomic E-state index is 0.317. The molecule has 2 saturated carbocycles. The van der Waals surface area contributed by atoms with Crippen LogP contribution >= 0.6 is 0 Å². The van der Waals surface area contributed by atoms with Crippen LogP contribution in [0.3, 0.4) is 0 Å². The molecule has 0 radical (unpaired) electrons. The van der Waals surface area contributed by atoms with E-state index < -0.39 is 0 Å². The molecule has 0 spiro atoms. The Morgan fingerprint density at radius 3 is 1.32 bits per heavy atom. The summed E-state index contributed by atoms with van der Waals surface area (Å²) < 4.78 is 0. The summed E-state index contributed by atoms with van der Waals surface area (Å²) in [6.07, 6.45) is 11.8. The highest BCUT2D eigenvalue weighted by molar-refractivity contribution is 5.54. The van der Waals surface area contributed by atoms with Gasteiger partial charge in [0.25, 0.3) is 0 Å². The van der Waals surface area contributed by atoms with Gasteiger partial charge in [-0.1, -0.05) is 50.7 Å². The lowest BCUT2D eigenvalue weighted by Gasteiger charge is -2.27. The third kappa shape index (κ3) is 3.08.